The van der Waals surface area contributed by atoms with Crippen molar-refractivity contribution in [3.05, 3.63) is 35.4 Å². The second-order valence-corrected chi connectivity index (χ2v) is 5.17. The summed E-state index contributed by atoms with van der Waals surface area (Å²) in [6, 6.07) is 7.07. The molecule has 1 amide bonds. The molecule has 2 rings (SSSR count). The molecule has 1 fully saturated rings. The average molecular weight is 287 g/mol. The smallest absolute Gasteiger partial charge is 0.251 e. The summed E-state index contributed by atoms with van der Waals surface area (Å²) in [6.07, 6.45) is 3.42. The molecule has 0 unspecified atom stereocenters. The maximum absolute atomic E-state index is 12.0. The van der Waals surface area contributed by atoms with Gasteiger partial charge in [0.15, 0.2) is 0 Å². The Kier molecular flexibility index (Phi) is 6.26. The molecular weight excluding hydrogens is 266 g/mol. The van der Waals surface area contributed by atoms with Crippen molar-refractivity contribution in [3.8, 4) is 11.8 Å². The minimum Gasteiger partial charge on any atom is -0.384 e. The highest BCUT2D eigenvalue weighted by molar-refractivity contribution is 5.94. The number of hydrogen-bond acceptors (Lipinski definition) is 3. The zero-order chi connectivity index (χ0) is 14.9. The number of rotatable bonds is 7. The lowest BCUT2D eigenvalue weighted by atomic mass is 10.1. The van der Waals surface area contributed by atoms with Gasteiger partial charge in [0.05, 0.1) is 0 Å². The Morgan fingerprint density at radius 1 is 1.43 bits per heavy atom. The zero-order valence-electron chi connectivity index (χ0n) is 12.1. The van der Waals surface area contributed by atoms with Crippen LogP contribution in [0.4, 0.5) is 0 Å². The van der Waals surface area contributed by atoms with Crippen molar-refractivity contribution in [3.63, 3.8) is 0 Å². The summed E-state index contributed by atoms with van der Waals surface area (Å²) >= 11 is 0. The number of benzene rings is 1. The molecule has 0 atom stereocenters. The molecule has 0 aromatic heterocycles. The molecule has 21 heavy (non-hydrogen) atoms. The first-order chi connectivity index (χ1) is 10.3. The van der Waals surface area contributed by atoms with Crippen LogP contribution < -0.4 is 5.32 Å². The van der Waals surface area contributed by atoms with Crippen LogP contribution in [-0.4, -0.2) is 37.4 Å². The standard InChI is InChI=1S/C17H21NO3/c19-10-2-5-14-4-1-6-16(12-14)17(20)18-9-3-11-21-13-15-7-8-15/h1,4,6,12,15,19H,3,7-11,13H2,(H,18,20). The summed E-state index contributed by atoms with van der Waals surface area (Å²) in [6.45, 7) is 1.98. The Labute approximate surface area is 125 Å². The Hall–Kier alpha value is -1.83. The van der Waals surface area contributed by atoms with Crippen molar-refractivity contribution in [2.75, 3.05) is 26.4 Å². The van der Waals surface area contributed by atoms with Gasteiger partial charge in [0.25, 0.3) is 5.91 Å². The maximum Gasteiger partial charge on any atom is 0.251 e. The van der Waals surface area contributed by atoms with Crippen molar-refractivity contribution < 1.29 is 14.6 Å². The molecule has 112 valence electrons. The van der Waals surface area contributed by atoms with Gasteiger partial charge in [-0.15, -0.1) is 0 Å². The van der Waals surface area contributed by atoms with E-state index >= 15 is 0 Å². The van der Waals surface area contributed by atoms with Crippen molar-refractivity contribution in [2.45, 2.75) is 19.3 Å². The van der Waals surface area contributed by atoms with Crippen LogP contribution in [0, 0.1) is 17.8 Å². The highest BCUT2D eigenvalue weighted by Crippen LogP contribution is 2.28. The third kappa shape index (κ3) is 5.99. The van der Waals surface area contributed by atoms with E-state index in [2.05, 4.69) is 17.2 Å². The summed E-state index contributed by atoms with van der Waals surface area (Å²) in [5.41, 5.74) is 1.31. The molecule has 1 aromatic rings. The number of hydrogen-bond donors (Lipinski definition) is 2. The first-order valence-corrected chi connectivity index (χ1v) is 7.35. The highest BCUT2D eigenvalue weighted by Gasteiger charge is 2.20. The molecule has 0 heterocycles. The maximum atomic E-state index is 12.0. The fourth-order valence-corrected chi connectivity index (χ4v) is 1.89. The summed E-state index contributed by atoms with van der Waals surface area (Å²) in [7, 11) is 0. The van der Waals surface area contributed by atoms with Crippen LogP contribution in [0.2, 0.25) is 0 Å². The van der Waals surface area contributed by atoms with Gasteiger partial charge in [-0.1, -0.05) is 17.9 Å². The summed E-state index contributed by atoms with van der Waals surface area (Å²) < 4.78 is 5.52. The number of aliphatic hydroxyl groups excluding tert-OH is 1. The second-order valence-electron chi connectivity index (χ2n) is 5.17. The molecule has 0 bridgehead atoms. The van der Waals surface area contributed by atoms with E-state index in [0.29, 0.717) is 18.7 Å². The highest BCUT2D eigenvalue weighted by atomic mass is 16.5. The molecule has 1 aromatic carbocycles. The largest absolute Gasteiger partial charge is 0.384 e. The van der Waals surface area contributed by atoms with Crippen LogP contribution in [-0.2, 0) is 4.74 Å². The monoisotopic (exact) mass is 287 g/mol. The van der Waals surface area contributed by atoms with E-state index in [1.54, 1.807) is 18.2 Å². The molecule has 2 N–H and O–H groups in total. The lowest BCUT2D eigenvalue weighted by molar-refractivity contribution is 0.0937. The molecule has 1 aliphatic rings. The Morgan fingerprint density at radius 3 is 3.05 bits per heavy atom. The number of carbonyl (C=O) groups excluding carboxylic acids is 1. The van der Waals surface area contributed by atoms with E-state index in [4.69, 9.17) is 9.84 Å². The van der Waals surface area contributed by atoms with E-state index in [-0.39, 0.29) is 12.5 Å². The molecule has 4 heteroatoms. The second kappa shape index (κ2) is 8.46. The molecule has 1 saturated carbocycles. The number of carbonyl (C=O) groups is 1. The van der Waals surface area contributed by atoms with Gasteiger partial charge in [0, 0.05) is 30.9 Å². The van der Waals surface area contributed by atoms with Crippen LogP contribution in [0.1, 0.15) is 35.2 Å². The van der Waals surface area contributed by atoms with Gasteiger partial charge < -0.3 is 15.2 Å². The van der Waals surface area contributed by atoms with Crippen LogP contribution in [0.5, 0.6) is 0 Å². The first kappa shape index (κ1) is 15.6. The number of aliphatic hydroxyl groups is 1. The summed E-state index contributed by atoms with van der Waals surface area (Å²) in [5, 5.41) is 11.5. The summed E-state index contributed by atoms with van der Waals surface area (Å²) in [5.74, 6) is 6.03. The van der Waals surface area contributed by atoms with Crippen molar-refractivity contribution in [1.29, 1.82) is 0 Å². The minimum atomic E-state index is -0.183. The number of ether oxygens (including phenoxy) is 1. The van der Waals surface area contributed by atoms with E-state index in [0.717, 1.165) is 24.5 Å². The van der Waals surface area contributed by atoms with Crippen molar-refractivity contribution in [2.24, 2.45) is 5.92 Å². The lowest BCUT2D eigenvalue weighted by Crippen LogP contribution is -2.25. The molecule has 0 aliphatic heterocycles. The summed E-state index contributed by atoms with van der Waals surface area (Å²) in [4.78, 5) is 12.0. The van der Waals surface area contributed by atoms with Gasteiger partial charge in [-0.25, -0.2) is 0 Å². The molecule has 1 aliphatic carbocycles. The molecule has 0 spiro atoms. The molecule has 4 nitrogen and oxygen atoms in total. The van der Waals surface area contributed by atoms with Gasteiger partial charge in [-0.2, -0.15) is 0 Å². The van der Waals surface area contributed by atoms with E-state index in [1.807, 2.05) is 6.07 Å². The van der Waals surface area contributed by atoms with Gasteiger partial charge in [-0.05, 0) is 43.4 Å². The van der Waals surface area contributed by atoms with E-state index in [9.17, 15) is 4.79 Å². The van der Waals surface area contributed by atoms with Crippen LogP contribution >= 0.6 is 0 Å². The van der Waals surface area contributed by atoms with Crippen molar-refractivity contribution >= 4 is 5.91 Å². The Bertz CT molecular complexity index is 526. The topological polar surface area (TPSA) is 58.6 Å². The third-order valence-electron chi connectivity index (χ3n) is 3.24. The van der Waals surface area contributed by atoms with Crippen molar-refractivity contribution in [1.82, 2.24) is 5.32 Å². The van der Waals surface area contributed by atoms with E-state index in [1.165, 1.54) is 12.8 Å². The fraction of sp³-hybridized carbons (Fsp3) is 0.471. The average Bonchev–Trinajstić information content (AvgIpc) is 3.33. The molecule has 0 radical (unpaired) electrons. The van der Waals surface area contributed by atoms with E-state index < -0.39 is 0 Å². The van der Waals surface area contributed by atoms with Gasteiger partial charge in [0.1, 0.15) is 6.61 Å². The molecule has 0 saturated heterocycles. The van der Waals surface area contributed by atoms with Crippen LogP contribution in [0.15, 0.2) is 24.3 Å². The van der Waals surface area contributed by atoms with Crippen LogP contribution in [0.25, 0.3) is 0 Å². The van der Waals surface area contributed by atoms with Crippen LogP contribution in [0.3, 0.4) is 0 Å². The van der Waals surface area contributed by atoms with Gasteiger partial charge >= 0.3 is 0 Å². The minimum absolute atomic E-state index is 0.107. The first-order valence-electron chi connectivity index (χ1n) is 7.35. The normalized spacial score (nSPS) is 13.4. The van der Waals surface area contributed by atoms with Gasteiger partial charge in [-0.3, -0.25) is 4.79 Å². The lowest BCUT2D eigenvalue weighted by Gasteiger charge is -2.06. The van der Waals surface area contributed by atoms with Gasteiger partial charge in [0.2, 0.25) is 0 Å². The quantitative estimate of drug-likeness (QED) is 0.591. The number of nitrogens with one attached hydrogen (secondary N) is 1. The predicted octanol–water partition coefficient (Wildman–Crippen LogP) is 1.58. The predicted molar refractivity (Wildman–Crippen MR) is 80.9 cm³/mol. The molecular formula is C17H21NO3. The SMILES string of the molecule is O=C(NCCCOCC1CC1)c1cccc(C#CCO)c1. The zero-order valence-corrected chi connectivity index (χ0v) is 12.1. The third-order valence-corrected chi connectivity index (χ3v) is 3.24. The Balaban J connectivity index is 1.69. The Morgan fingerprint density at radius 2 is 2.29 bits per heavy atom. The fourth-order valence-electron chi connectivity index (χ4n) is 1.89. The number of amides is 1.